The number of piperidine rings is 1. The molecule has 19 heavy (non-hydrogen) atoms. The van der Waals surface area contributed by atoms with Gasteiger partial charge in [-0.3, -0.25) is 4.90 Å². The molecule has 0 aromatic rings. The highest BCUT2D eigenvalue weighted by Crippen LogP contribution is 2.30. The Labute approximate surface area is 117 Å². The summed E-state index contributed by atoms with van der Waals surface area (Å²) in [4.78, 5) is 5.07. The molecule has 0 aromatic heterocycles. The van der Waals surface area contributed by atoms with Gasteiger partial charge in [0.15, 0.2) is 0 Å². The first-order valence-electron chi connectivity index (χ1n) is 8.05. The van der Waals surface area contributed by atoms with Gasteiger partial charge in [-0.25, -0.2) is 0 Å². The van der Waals surface area contributed by atoms with E-state index >= 15 is 0 Å². The topological polar surface area (TPSA) is 27.7 Å². The molecule has 3 rings (SSSR count). The number of likely N-dealkylation sites (N-methyl/N-ethyl adjacent to an activating group) is 2. The number of nitrogens with zero attached hydrogens (tertiary/aromatic N) is 2. The maximum atomic E-state index is 5.94. The Balaban J connectivity index is 1.55. The van der Waals surface area contributed by atoms with Gasteiger partial charge < -0.3 is 15.0 Å². The summed E-state index contributed by atoms with van der Waals surface area (Å²) in [6, 6.07) is 2.35. The summed E-state index contributed by atoms with van der Waals surface area (Å²) in [5.41, 5.74) is 0. The predicted octanol–water partition coefficient (Wildman–Crippen LogP) is 0.922. The van der Waals surface area contributed by atoms with Gasteiger partial charge in [0.1, 0.15) is 0 Å². The molecule has 0 radical (unpaired) electrons. The van der Waals surface area contributed by atoms with Gasteiger partial charge in [-0.15, -0.1) is 0 Å². The Bertz CT molecular complexity index is 287. The van der Waals surface area contributed by atoms with Gasteiger partial charge in [-0.2, -0.15) is 0 Å². The van der Waals surface area contributed by atoms with E-state index in [0.717, 1.165) is 50.9 Å². The fraction of sp³-hybridized carbons (Fsp3) is 1.00. The van der Waals surface area contributed by atoms with Crippen LogP contribution in [0.2, 0.25) is 0 Å². The summed E-state index contributed by atoms with van der Waals surface area (Å²) in [6.07, 6.45) is 5.87. The summed E-state index contributed by atoms with van der Waals surface area (Å²) >= 11 is 0. The quantitative estimate of drug-likeness (QED) is 0.820. The summed E-state index contributed by atoms with van der Waals surface area (Å²) in [5, 5.41) is 3.74. The minimum Gasteiger partial charge on any atom is -0.374 e. The fourth-order valence-electron chi connectivity index (χ4n) is 4.10. The van der Waals surface area contributed by atoms with Crippen molar-refractivity contribution in [1.29, 1.82) is 0 Å². The molecule has 3 unspecified atom stereocenters. The molecule has 3 fully saturated rings. The number of morpholine rings is 1. The highest BCUT2D eigenvalue weighted by atomic mass is 16.5. The van der Waals surface area contributed by atoms with Crippen LogP contribution in [0.4, 0.5) is 0 Å². The first-order valence-corrected chi connectivity index (χ1v) is 8.05. The van der Waals surface area contributed by atoms with Gasteiger partial charge in [0.05, 0.1) is 12.7 Å². The third-order valence-electron chi connectivity index (χ3n) is 5.15. The lowest BCUT2D eigenvalue weighted by Gasteiger charge is -2.40. The van der Waals surface area contributed by atoms with E-state index in [9.17, 15) is 0 Å². The van der Waals surface area contributed by atoms with Gasteiger partial charge in [-0.1, -0.05) is 6.92 Å². The van der Waals surface area contributed by atoms with Crippen LogP contribution >= 0.6 is 0 Å². The van der Waals surface area contributed by atoms with E-state index in [2.05, 4.69) is 29.1 Å². The molecular weight excluding hydrogens is 238 g/mol. The van der Waals surface area contributed by atoms with Crippen molar-refractivity contribution in [2.75, 3.05) is 39.8 Å². The first kappa shape index (κ1) is 13.8. The Hall–Kier alpha value is -0.160. The van der Waals surface area contributed by atoms with E-state index in [0.29, 0.717) is 6.10 Å². The third kappa shape index (κ3) is 3.30. The summed E-state index contributed by atoms with van der Waals surface area (Å²) in [7, 11) is 2.20. The third-order valence-corrected chi connectivity index (χ3v) is 5.15. The average molecular weight is 267 g/mol. The largest absolute Gasteiger partial charge is 0.374 e. The van der Waals surface area contributed by atoms with Gasteiger partial charge in [0, 0.05) is 37.8 Å². The van der Waals surface area contributed by atoms with Crippen LogP contribution in [0.15, 0.2) is 0 Å². The highest BCUT2D eigenvalue weighted by molar-refractivity contribution is 4.96. The Morgan fingerprint density at radius 2 is 2.00 bits per heavy atom. The second kappa shape index (κ2) is 6.08. The normalized spacial score (nSPS) is 39.9. The maximum Gasteiger partial charge on any atom is 0.0829 e. The standard InChI is InChI=1S/C15H29N3O/c1-3-18(11-15-10-17(2)6-7-19-15)14-8-12-4-5-13(9-14)16-12/h12-16H,3-11H2,1-2H3. The number of fused-ring (bicyclic) bond motifs is 2. The second-order valence-corrected chi connectivity index (χ2v) is 6.61. The number of ether oxygens (including phenoxy) is 1. The minimum absolute atomic E-state index is 0.409. The van der Waals surface area contributed by atoms with Crippen molar-refractivity contribution < 1.29 is 4.74 Å². The molecule has 110 valence electrons. The number of hydrogen-bond acceptors (Lipinski definition) is 4. The molecule has 3 aliphatic rings. The summed E-state index contributed by atoms with van der Waals surface area (Å²) in [6.45, 7) is 7.65. The van der Waals surface area contributed by atoms with Crippen molar-refractivity contribution in [3.63, 3.8) is 0 Å². The average Bonchev–Trinajstić information content (AvgIpc) is 2.75. The van der Waals surface area contributed by atoms with Crippen molar-refractivity contribution in [1.82, 2.24) is 15.1 Å². The molecule has 4 heteroatoms. The molecule has 0 saturated carbocycles. The van der Waals surface area contributed by atoms with Crippen molar-refractivity contribution >= 4 is 0 Å². The number of hydrogen-bond donors (Lipinski definition) is 1. The Morgan fingerprint density at radius 3 is 2.63 bits per heavy atom. The molecule has 0 spiro atoms. The maximum absolute atomic E-state index is 5.94. The zero-order valence-electron chi connectivity index (χ0n) is 12.5. The molecule has 3 saturated heterocycles. The zero-order chi connectivity index (χ0) is 13.2. The van der Waals surface area contributed by atoms with Crippen LogP contribution < -0.4 is 5.32 Å². The van der Waals surface area contributed by atoms with E-state index in [-0.39, 0.29) is 0 Å². The van der Waals surface area contributed by atoms with Crippen molar-refractivity contribution in [3.05, 3.63) is 0 Å². The Kier molecular flexibility index (Phi) is 4.42. The Morgan fingerprint density at radius 1 is 1.26 bits per heavy atom. The van der Waals surface area contributed by atoms with Crippen LogP contribution in [0.5, 0.6) is 0 Å². The molecule has 3 heterocycles. The second-order valence-electron chi connectivity index (χ2n) is 6.61. The summed E-state index contributed by atoms with van der Waals surface area (Å²) < 4.78 is 5.94. The minimum atomic E-state index is 0.409. The lowest BCUT2D eigenvalue weighted by Crippen LogP contribution is -2.52. The smallest absolute Gasteiger partial charge is 0.0829 e. The molecule has 0 amide bonds. The molecule has 1 N–H and O–H groups in total. The monoisotopic (exact) mass is 267 g/mol. The SMILES string of the molecule is CCN(CC1CN(C)CCO1)C1CC2CCC(C1)N2. The van der Waals surface area contributed by atoms with Crippen LogP contribution in [-0.4, -0.2) is 73.9 Å². The molecular formula is C15H29N3O. The van der Waals surface area contributed by atoms with Gasteiger partial charge in [-0.05, 0) is 39.3 Å². The zero-order valence-corrected chi connectivity index (χ0v) is 12.5. The summed E-state index contributed by atoms with van der Waals surface area (Å²) in [5.74, 6) is 0. The van der Waals surface area contributed by atoms with E-state index < -0.39 is 0 Å². The molecule has 3 aliphatic heterocycles. The van der Waals surface area contributed by atoms with Crippen molar-refractivity contribution in [2.24, 2.45) is 0 Å². The predicted molar refractivity (Wildman–Crippen MR) is 77.5 cm³/mol. The van der Waals surface area contributed by atoms with Crippen LogP contribution in [-0.2, 0) is 4.74 Å². The van der Waals surface area contributed by atoms with Crippen LogP contribution in [0, 0.1) is 0 Å². The molecule has 0 aromatic carbocycles. The van der Waals surface area contributed by atoms with Crippen molar-refractivity contribution in [3.8, 4) is 0 Å². The fourth-order valence-corrected chi connectivity index (χ4v) is 4.10. The van der Waals surface area contributed by atoms with Crippen LogP contribution in [0.3, 0.4) is 0 Å². The molecule has 0 aliphatic carbocycles. The van der Waals surface area contributed by atoms with E-state index in [1.54, 1.807) is 0 Å². The van der Waals surface area contributed by atoms with Gasteiger partial charge >= 0.3 is 0 Å². The van der Waals surface area contributed by atoms with E-state index in [1.165, 1.54) is 25.7 Å². The number of rotatable bonds is 4. The van der Waals surface area contributed by atoms with Crippen LogP contribution in [0.1, 0.15) is 32.6 Å². The molecule has 3 atom stereocenters. The van der Waals surface area contributed by atoms with Crippen LogP contribution in [0.25, 0.3) is 0 Å². The molecule has 2 bridgehead atoms. The molecule has 4 nitrogen and oxygen atoms in total. The van der Waals surface area contributed by atoms with E-state index in [1.807, 2.05) is 0 Å². The lowest BCUT2D eigenvalue weighted by atomic mass is 9.97. The van der Waals surface area contributed by atoms with Gasteiger partial charge in [0.2, 0.25) is 0 Å². The number of nitrogens with one attached hydrogen (secondary N) is 1. The lowest BCUT2D eigenvalue weighted by molar-refractivity contribution is -0.0435. The van der Waals surface area contributed by atoms with E-state index in [4.69, 9.17) is 4.74 Å². The highest BCUT2D eigenvalue weighted by Gasteiger charge is 2.36. The van der Waals surface area contributed by atoms with Crippen molar-refractivity contribution in [2.45, 2.75) is 56.8 Å². The first-order chi connectivity index (χ1) is 9.24. The van der Waals surface area contributed by atoms with Gasteiger partial charge in [0.25, 0.3) is 0 Å².